The molecule has 3 rings (SSSR count). The first-order chi connectivity index (χ1) is 12.7. The van der Waals surface area contributed by atoms with Gasteiger partial charge in [-0.3, -0.25) is 0 Å². The summed E-state index contributed by atoms with van der Waals surface area (Å²) in [5.41, 5.74) is 3.64. The number of ether oxygens (including phenoxy) is 1. The van der Waals surface area contributed by atoms with Crippen LogP contribution in [0.4, 0.5) is 16.2 Å². The van der Waals surface area contributed by atoms with Crippen LogP contribution in [0.1, 0.15) is 11.1 Å². The number of carbonyl (C=O) groups excluding carboxylic acids is 1. The van der Waals surface area contributed by atoms with Crippen molar-refractivity contribution in [2.45, 2.75) is 0 Å². The van der Waals surface area contributed by atoms with Crippen molar-refractivity contribution >= 4 is 29.6 Å². The molecule has 4 heteroatoms. The van der Waals surface area contributed by atoms with Crippen LogP contribution >= 0.6 is 0 Å². The maximum absolute atomic E-state index is 12.1. The fourth-order valence-corrected chi connectivity index (χ4v) is 2.40. The lowest BCUT2D eigenvalue weighted by molar-refractivity contribution is 0.262. The number of carbonyl (C=O) groups is 1. The van der Waals surface area contributed by atoms with Crippen molar-refractivity contribution in [3.8, 4) is 5.75 Å². The van der Waals surface area contributed by atoms with Gasteiger partial charge in [0.1, 0.15) is 5.75 Å². The summed E-state index contributed by atoms with van der Waals surface area (Å²) < 4.78 is 5.10. The first-order valence-corrected chi connectivity index (χ1v) is 8.28. The molecule has 0 unspecified atom stereocenters. The molecule has 2 amide bonds. The number of anilines is 2. The Bertz CT molecular complexity index is 870. The predicted octanol–water partition coefficient (Wildman–Crippen LogP) is 5.51. The molecule has 0 aliphatic rings. The van der Waals surface area contributed by atoms with Gasteiger partial charge >= 0.3 is 6.03 Å². The lowest BCUT2D eigenvalue weighted by Crippen LogP contribution is -2.19. The van der Waals surface area contributed by atoms with Gasteiger partial charge in [-0.2, -0.15) is 0 Å². The minimum absolute atomic E-state index is 0.289. The molecule has 0 fully saturated rings. The summed E-state index contributed by atoms with van der Waals surface area (Å²) in [6.45, 7) is 0. The standard InChI is InChI=1S/C22H20N2O2/c1-26-21-15-13-20(14-16-21)24-22(25)23-19-11-9-18(10-12-19)8-7-17-5-3-2-4-6-17/h2-16H,1H3,(H2,23,24,25)/b8-7+. The summed E-state index contributed by atoms with van der Waals surface area (Å²) in [6.07, 6.45) is 4.09. The molecular weight excluding hydrogens is 324 g/mol. The van der Waals surface area contributed by atoms with Gasteiger partial charge in [0.15, 0.2) is 0 Å². The lowest BCUT2D eigenvalue weighted by atomic mass is 10.1. The van der Waals surface area contributed by atoms with Gasteiger partial charge in [0, 0.05) is 11.4 Å². The maximum atomic E-state index is 12.1. The van der Waals surface area contributed by atoms with Crippen LogP contribution in [0, 0.1) is 0 Å². The van der Waals surface area contributed by atoms with E-state index in [1.807, 2.05) is 48.5 Å². The average Bonchev–Trinajstić information content (AvgIpc) is 2.69. The SMILES string of the molecule is COc1ccc(NC(=O)Nc2ccc(/C=C/c3ccccc3)cc2)cc1. The first kappa shape index (κ1) is 17.3. The van der Waals surface area contributed by atoms with Gasteiger partial charge in [-0.1, -0.05) is 54.6 Å². The fraction of sp³-hybridized carbons (Fsp3) is 0.0455. The van der Waals surface area contributed by atoms with Gasteiger partial charge in [0.2, 0.25) is 0 Å². The van der Waals surface area contributed by atoms with E-state index in [1.165, 1.54) is 0 Å². The van der Waals surface area contributed by atoms with Crippen LogP contribution in [0.2, 0.25) is 0 Å². The van der Waals surface area contributed by atoms with Crippen molar-refractivity contribution in [1.82, 2.24) is 0 Å². The van der Waals surface area contributed by atoms with E-state index < -0.39 is 0 Å². The van der Waals surface area contributed by atoms with Crippen LogP contribution in [0.3, 0.4) is 0 Å². The average molecular weight is 344 g/mol. The second-order valence-corrected chi connectivity index (χ2v) is 5.67. The molecule has 2 N–H and O–H groups in total. The Labute approximate surface area is 153 Å². The van der Waals surface area contributed by atoms with E-state index in [0.29, 0.717) is 5.69 Å². The third kappa shape index (κ3) is 4.98. The molecule has 0 radical (unpaired) electrons. The van der Waals surface area contributed by atoms with Crippen LogP contribution in [-0.4, -0.2) is 13.1 Å². The zero-order chi connectivity index (χ0) is 18.2. The van der Waals surface area contributed by atoms with Gasteiger partial charge in [-0.15, -0.1) is 0 Å². The van der Waals surface area contributed by atoms with E-state index in [1.54, 1.807) is 31.4 Å². The highest BCUT2D eigenvalue weighted by atomic mass is 16.5. The third-order valence-electron chi connectivity index (χ3n) is 3.78. The zero-order valence-corrected chi connectivity index (χ0v) is 14.5. The highest BCUT2D eigenvalue weighted by Crippen LogP contribution is 2.16. The molecule has 3 aromatic carbocycles. The summed E-state index contributed by atoms with van der Waals surface area (Å²) in [5.74, 6) is 0.745. The largest absolute Gasteiger partial charge is 0.497 e. The molecule has 0 bridgehead atoms. The second kappa shape index (κ2) is 8.53. The van der Waals surface area contributed by atoms with E-state index in [9.17, 15) is 4.79 Å². The molecule has 0 heterocycles. The molecule has 0 saturated heterocycles. The molecule has 0 aliphatic carbocycles. The molecule has 0 atom stereocenters. The molecule has 0 aromatic heterocycles. The van der Waals surface area contributed by atoms with Crippen molar-refractivity contribution < 1.29 is 9.53 Å². The number of methoxy groups -OCH3 is 1. The van der Waals surface area contributed by atoms with E-state index in [-0.39, 0.29) is 6.03 Å². The molecule has 3 aromatic rings. The number of rotatable bonds is 5. The Morgan fingerprint density at radius 2 is 1.23 bits per heavy atom. The molecular formula is C22H20N2O2. The van der Waals surface area contributed by atoms with Crippen LogP contribution in [0.15, 0.2) is 78.9 Å². The van der Waals surface area contributed by atoms with Gasteiger partial charge in [-0.05, 0) is 47.5 Å². The summed E-state index contributed by atoms with van der Waals surface area (Å²) in [4.78, 5) is 12.1. The third-order valence-corrected chi connectivity index (χ3v) is 3.78. The smallest absolute Gasteiger partial charge is 0.323 e. The van der Waals surface area contributed by atoms with Crippen molar-refractivity contribution in [1.29, 1.82) is 0 Å². The highest BCUT2D eigenvalue weighted by molar-refractivity contribution is 5.99. The first-order valence-electron chi connectivity index (χ1n) is 8.28. The van der Waals surface area contributed by atoms with Gasteiger partial charge < -0.3 is 15.4 Å². The van der Waals surface area contributed by atoms with E-state index >= 15 is 0 Å². The Morgan fingerprint density at radius 3 is 1.77 bits per heavy atom. The molecule has 130 valence electrons. The normalized spacial score (nSPS) is 10.5. The minimum Gasteiger partial charge on any atom is -0.497 e. The highest BCUT2D eigenvalue weighted by Gasteiger charge is 2.03. The Kier molecular flexibility index (Phi) is 5.68. The lowest BCUT2D eigenvalue weighted by Gasteiger charge is -2.08. The molecule has 4 nitrogen and oxygen atoms in total. The molecule has 0 spiro atoms. The van der Waals surface area contributed by atoms with Crippen LogP contribution in [0.25, 0.3) is 12.2 Å². The van der Waals surface area contributed by atoms with Crippen LogP contribution in [0.5, 0.6) is 5.75 Å². The molecule has 0 aliphatic heterocycles. The number of hydrogen-bond donors (Lipinski definition) is 2. The van der Waals surface area contributed by atoms with E-state index in [4.69, 9.17) is 4.74 Å². The summed E-state index contributed by atoms with van der Waals surface area (Å²) in [6, 6.07) is 24.7. The predicted molar refractivity (Wildman–Crippen MR) is 107 cm³/mol. The number of amides is 2. The molecule has 0 saturated carbocycles. The summed E-state index contributed by atoms with van der Waals surface area (Å²) in [7, 11) is 1.61. The monoisotopic (exact) mass is 344 g/mol. The minimum atomic E-state index is -0.289. The van der Waals surface area contributed by atoms with Gasteiger partial charge in [0.05, 0.1) is 7.11 Å². The van der Waals surface area contributed by atoms with E-state index in [0.717, 1.165) is 22.6 Å². The van der Waals surface area contributed by atoms with Crippen molar-refractivity contribution in [2.24, 2.45) is 0 Å². The molecule has 26 heavy (non-hydrogen) atoms. The second-order valence-electron chi connectivity index (χ2n) is 5.67. The Hall–Kier alpha value is -3.53. The van der Waals surface area contributed by atoms with Gasteiger partial charge in [0.25, 0.3) is 0 Å². The summed E-state index contributed by atoms with van der Waals surface area (Å²) >= 11 is 0. The number of benzene rings is 3. The Morgan fingerprint density at radius 1 is 0.731 bits per heavy atom. The number of urea groups is 1. The quantitative estimate of drug-likeness (QED) is 0.600. The van der Waals surface area contributed by atoms with Gasteiger partial charge in [-0.25, -0.2) is 4.79 Å². The Balaban J connectivity index is 1.56. The zero-order valence-electron chi connectivity index (χ0n) is 14.5. The fourth-order valence-electron chi connectivity index (χ4n) is 2.40. The summed E-state index contributed by atoms with van der Waals surface area (Å²) in [5, 5.41) is 5.60. The number of hydrogen-bond acceptors (Lipinski definition) is 2. The van der Waals surface area contributed by atoms with Crippen LogP contribution < -0.4 is 15.4 Å². The number of nitrogens with one attached hydrogen (secondary N) is 2. The van der Waals surface area contributed by atoms with Crippen molar-refractivity contribution in [2.75, 3.05) is 17.7 Å². The van der Waals surface area contributed by atoms with Crippen molar-refractivity contribution in [3.05, 3.63) is 90.0 Å². The van der Waals surface area contributed by atoms with E-state index in [2.05, 4.69) is 28.8 Å². The topological polar surface area (TPSA) is 50.4 Å². The van der Waals surface area contributed by atoms with Crippen molar-refractivity contribution in [3.63, 3.8) is 0 Å². The van der Waals surface area contributed by atoms with Crippen LogP contribution in [-0.2, 0) is 0 Å². The maximum Gasteiger partial charge on any atom is 0.323 e.